The number of carbonyl (C=O) groups excluding carboxylic acids is 1. The zero-order valence-corrected chi connectivity index (χ0v) is 17.6. The van der Waals surface area contributed by atoms with Gasteiger partial charge < -0.3 is 20.5 Å². The van der Waals surface area contributed by atoms with Crippen LogP contribution in [0.1, 0.15) is 19.5 Å². The number of guanidine groups is 1. The van der Waals surface area contributed by atoms with Gasteiger partial charge in [-0.3, -0.25) is 9.79 Å². The highest BCUT2D eigenvalue weighted by Gasteiger charge is 2.25. The number of rotatable bonds is 5. The molecule has 0 fully saturated rings. The number of nitrogens with two attached hydrogens (primary N) is 1. The maximum atomic E-state index is 11.4. The van der Waals surface area contributed by atoms with E-state index in [0.29, 0.717) is 13.1 Å². The molecule has 0 aliphatic rings. The minimum atomic E-state index is -0.620. The molecule has 1 aromatic heterocycles. The van der Waals surface area contributed by atoms with E-state index in [-0.39, 0.29) is 29.9 Å². The lowest BCUT2D eigenvalue weighted by atomic mass is 9.93. The van der Waals surface area contributed by atoms with Crippen molar-refractivity contribution in [3.8, 4) is 0 Å². The van der Waals surface area contributed by atoms with Gasteiger partial charge in [-0.05, 0) is 35.8 Å². The Morgan fingerprint density at radius 2 is 2.14 bits per heavy atom. The van der Waals surface area contributed by atoms with E-state index in [1.165, 1.54) is 0 Å². The average molecular weight is 486 g/mol. The molecule has 0 aromatic carbocycles. The Hall–Kier alpha value is -0.770. The lowest BCUT2D eigenvalue weighted by Gasteiger charge is -2.26. The average Bonchev–Trinajstić information content (AvgIpc) is 2.68. The van der Waals surface area contributed by atoms with Gasteiger partial charge in [0.05, 0.1) is 12.0 Å². The van der Waals surface area contributed by atoms with E-state index >= 15 is 0 Å². The maximum absolute atomic E-state index is 11.4. The van der Waals surface area contributed by atoms with Crippen LogP contribution in [0, 0.1) is 5.41 Å². The third kappa shape index (κ3) is 5.79. The van der Waals surface area contributed by atoms with Crippen molar-refractivity contribution in [2.75, 3.05) is 20.6 Å². The summed E-state index contributed by atoms with van der Waals surface area (Å²) >= 11 is 3.46. The molecule has 0 aliphatic heterocycles. The van der Waals surface area contributed by atoms with E-state index < -0.39 is 5.41 Å². The Morgan fingerprint density at radius 1 is 1.55 bits per heavy atom. The highest BCUT2D eigenvalue weighted by atomic mass is 127. The predicted octanol–water partition coefficient (Wildman–Crippen LogP) is 1.92. The lowest BCUT2D eigenvalue weighted by Crippen LogP contribution is -2.46. The van der Waals surface area contributed by atoms with Gasteiger partial charge in [0, 0.05) is 44.1 Å². The molecular formula is C14H25BrIN5O. The summed E-state index contributed by atoms with van der Waals surface area (Å²) in [6.45, 7) is 4.77. The Labute approximate surface area is 157 Å². The molecule has 0 saturated heterocycles. The molecular weight excluding hydrogens is 461 g/mol. The van der Waals surface area contributed by atoms with Crippen molar-refractivity contribution in [1.82, 2.24) is 14.8 Å². The second kappa shape index (κ2) is 8.76. The van der Waals surface area contributed by atoms with Gasteiger partial charge in [0.15, 0.2) is 5.96 Å². The van der Waals surface area contributed by atoms with E-state index in [2.05, 4.69) is 36.9 Å². The largest absolute Gasteiger partial charge is 0.369 e. The van der Waals surface area contributed by atoms with Crippen LogP contribution in [0.2, 0.25) is 0 Å². The molecule has 0 atom stereocenters. The molecule has 3 N–H and O–H groups in total. The predicted molar refractivity (Wildman–Crippen MR) is 104 cm³/mol. The first kappa shape index (κ1) is 21.2. The molecule has 0 radical (unpaired) electrons. The second-order valence-electron chi connectivity index (χ2n) is 5.77. The SMILES string of the molecule is CN=C(NCC(C)(C)C(N)=O)N(C)Cc1cc(Br)cn1C.I. The van der Waals surface area contributed by atoms with E-state index in [9.17, 15) is 4.79 Å². The van der Waals surface area contributed by atoms with E-state index in [1.54, 1.807) is 7.05 Å². The second-order valence-corrected chi connectivity index (χ2v) is 6.68. The van der Waals surface area contributed by atoms with E-state index in [4.69, 9.17) is 5.73 Å². The Kier molecular flexibility index (Phi) is 8.45. The number of aromatic nitrogens is 1. The maximum Gasteiger partial charge on any atom is 0.224 e. The summed E-state index contributed by atoms with van der Waals surface area (Å²) in [6.07, 6.45) is 2.01. The molecule has 0 aliphatic carbocycles. The van der Waals surface area contributed by atoms with Crippen molar-refractivity contribution >= 4 is 51.8 Å². The topological polar surface area (TPSA) is 75.6 Å². The van der Waals surface area contributed by atoms with E-state index in [1.807, 2.05) is 39.0 Å². The number of aliphatic imine (C=N–C) groups is 1. The normalized spacial score (nSPS) is 11.8. The number of nitrogens with zero attached hydrogens (tertiary/aromatic N) is 3. The molecule has 8 heteroatoms. The van der Waals surface area contributed by atoms with Crippen molar-refractivity contribution < 1.29 is 4.79 Å². The Bertz CT molecular complexity index is 541. The van der Waals surface area contributed by atoms with Crippen molar-refractivity contribution in [3.05, 3.63) is 22.4 Å². The zero-order chi connectivity index (χ0) is 16.2. The van der Waals surface area contributed by atoms with Gasteiger partial charge in [-0.2, -0.15) is 0 Å². The molecule has 1 rings (SSSR count). The number of nitrogens with one attached hydrogen (secondary N) is 1. The summed E-state index contributed by atoms with van der Waals surface area (Å²) in [4.78, 5) is 17.6. The van der Waals surface area contributed by atoms with Gasteiger partial charge in [0.1, 0.15) is 0 Å². The van der Waals surface area contributed by atoms with Crippen molar-refractivity contribution in [2.24, 2.45) is 23.2 Å². The fraction of sp³-hybridized carbons (Fsp3) is 0.571. The third-order valence-electron chi connectivity index (χ3n) is 3.40. The minimum Gasteiger partial charge on any atom is -0.369 e. The number of hydrogen-bond acceptors (Lipinski definition) is 2. The van der Waals surface area contributed by atoms with E-state index in [0.717, 1.165) is 16.1 Å². The Balaban J connectivity index is 0.00000441. The highest BCUT2D eigenvalue weighted by Crippen LogP contribution is 2.15. The van der Waals surface area contributed by atoms with Gasteiger partial charge >= 0.3 is 0 Å². The summed E-state index contributed by atoms with van der Waals surface area (Å²) in [5, 5.41) is 3.19. The molecule has 1 amide bonds. The smallest absolute Gasteiger partial charge is 0.224 e. The molecule has 6 nitrogen and oxygen atoms in total. The van der Waals surface area contributed by atoms with Crippen molar-refractivity contribution in [2.45, 2.75) is 20.4 Å². The van der Waals surface area contributed by atoms with Gasteiger partial charge in [-0.25, -0.2) is 0 Å². The molecule has 0 bridgehead atoms. The van der Waals surface area contributed by atoms with Crippen molar-refractivity contribution in [3.63, 3.8) is 0 Å². The van der Waals surface area contributed by atoms with Crippen molar-refractivity contribution in [1.29, 1.82) is 0 Å². The Morgan fingerprint density at radius 3 is 2.55 bits per heavy atom. The summed E-state index contributed by atoms with van der Waals surface area (Å²) in [7, 11) is 5.67. The fourth-order valence-electron chi connectivity index (χ4n) is 1.81. The number of carbonyl (C=O) groups is 1. The first-order valence-electron chi connectivity index (χ1n) is 6.70. The number of halogens is 2. The van der Waals surface area contributed by atoms with Gasteiger partial charge in [0.25, 0.3) is 0 Å². The highest BCUT2D eigenvalue weighted by molar-refractivity contribution is 14.0. The number of amides is 1. The minimum absolute atomic E-state index is 0. The fourth-order valence-corrected chi connectivity index (χ4v) is 2.38. The first-order chi connectivity index (χ1) is 9.67. The number of primary amides is 1. The molecule has 22 heavy (non-hydrogen) atoms. The van der Waals surface area contributed by atoms with Crippen LogP contribution in [0.3, 0.4) is 0 Å². The summed E-state index contributed by atoms with van der Waals surface area (Å²) in [5.74, 6) is 0.390. The van der Waals surface area contributed by atoms with Crippen LogP contribution < -0.4 is 11.1 Å². The molecule has 1 heterocycles. The molecule has 0 spiro atoms. The summed E-state index contributed by atoms with van der Waals surface area (Å²) in [5.41, 5.74) is 5.91. The quantitative estimate of drug-likeness (QED) is 0.380. The number of hydrogen-bond donors (Lipinski definition) is 2. The standard InChI is InChI=1S/C14H24BrN5O.HI/c1-14(2,12(16)21)9-18-13(17-3)20(5)8-11-6-10(15)7-19(11)4;/h6-7H,8-9H2,1-5H3,(H2,16,21)(H,17,18);1H. The summed E-state index contributed by atoms with van der Waals surface area (Å²) in [6, 6.07) is 2.07. The van der Waals surface area contributed by atoms with Gasteiger partial charge in [-0.15, -0.1) is 24.0 Å². The van der Waals surface area contributed by atoms with Crippen LogP contribution in [0.25, 0.3) is 0 Å². The number of aryl methyl sites for hydroxylation is 1. The zero-order valence-electron chi connectivity index (χ0n) is 13.7. The van der Waals surface area contributed by atoms with Gasteiger partial charge in [0.2, 0.25) is 5.91 Å². The van der Waals surface area contributed by atoms with Crippen LogP contribution in [-0.4, -0.2) is 42.0 Å². The summed E-state index contributed by atoms with van der Waals surface area (Å²) < 4.78 is 3.10. The third-order valence-corrected chi connectivity index (χ3v) is 3.84. The van der Waals surface area contributed by atoms with Crippen LogP contribution >= 0.6 is 39.9 Å². The molecule has 1 aromatic rings. The molecule has 126 valence electrons. The molecule has 0 saturated carbocycles. The lowest BCUT2D eigenvalue weighted by molar-refractivity contribution is -0.125. The van der Waals surface area contributed by atoms with Crippen LogP contribution in [0.5, 0.6) is 0 Å². The monoisotopic (exact) mass is 485 g/mol. The molecule has 0 unspecified atom stereocenters. The van der Waals surface area contributed by atoms with Crippen LogP contribution in [0.15, 0.2) is 21.7 Å². The first-order valence-corrected chi connectivity index (χ1v) is 7.49. The van der Waals surface area contributed by atoms with Gasteiger partial charge in [-0.1, -0.05) is 0 Å². The van der Waals surface area contributed by atoms with Crippen LogP contribution in [0.4, 0.5) is 0 Å². The van der Waals surface area contributed by atoms with Crippen LogP contribution in [-0.2, 0) is 18.4 Å².